The third kappa shape index (κ3) is 5.56. The maximum absolute atomic E-state index is 13.6. The highest BCUT2D eigenvalue weighted by molar-refractivity contribution is 6.13. The topological polar surface area (TPSA) is 79.3 Å². The molecule has 2 aliphatic rings. The summed E-state index contributed by atoms with van der Waals surface area (Å²) in [5.74, 6) is -0.373. The van der Waals surface area contributed by atoms with Crippen molar-refractivity contribution >= 4 is 29.2 Å². The minimum atomic E-state index is -0.599. The lowest BCUT2D eigenvalue weighted by atomic mass is 9.88. The molecule has 0 unspecified atom stereocenters. The number of hydrogen-bond acceptors (Lipinski definition) is 5. The fourth-order valence-electron chi connectivity index (χ4n) is 4.21. The molecule has 0 N–H and O–H groups in total. The predicted molar refractivity (Wildman–Crippen MR) is 125 cm³/mol. The smallest absolute Gasteiger partial charge is 0.345 e. The number of anilines is 1. The molecule has 174 valence electrons. The van der Waals surface area contributed by atoms with Gasteiger partial charge < -0.3 is 4.74 Å². The summed E-state index contributed by atoms with van der Waals surface area (Å²) in [4.78, 5) is 40.3. The molecule has 0 saturated heterocycles. The van der Waals surface area contributed by atoms with E-state index in [1.807, 2.05) is 45.0 Å². The number of benzene rings is 1. The Morgan fingerprint density at radius 1 is 1.06 bits per heavy atom. The highest BCUT2D eigenvalue weighted by atomic mass is 16.5. The Balaban J connectivity index is 2.07. The Hall–Kier alpha value is -2.70. The Morgan fingerprint density at radius 3 is 2.34 bits per heavy atom. The highest BCUT2D eigenvalue weighted by Gasteiger charge is 2.36. The number of urea groups is 1. The second-order valence-electron chi connectivity index (χ2n) is 9.60. The average Bonchev–Trinajstić information content (AvgIpc) is 3.07. The summed E-state index contributed by atoms with van der Waals surface area (Å²) in [6, 6.07) is 7.15. The second-order valence-corrected chi connectivity index (χ2v) is 9.60. The van der Waals surface area contributed by atoms with Gasteiger partial charge in [-0.2, -0.15) is 5.10 Å². The number of hydrazone groups is 1. The number of esters is 1. The molecule has 1 saturated carbocycles. The number of ether oxygens (including phenoxy) is 1. The average molecular weight is 442 g/mol. The number of fused-ring (bicyclic) bond motifs is 1. The fraction of sp³-hybridized carbons (Fsp3) is 0.600. The van der Waals surface area contributed by atoms with Gasteiger partial charge in [0.1, 0.15) is 6.54 Å². The molecule has 1 fully saturated rings. The van der Waals surface area contributed by atoms with Crippen LogP contribution in [0.5, 0.6) is 0 Å². The largest absolute Gasteiger partial charge is 0.465 e. The number of carbonyl (C=O) groups excluding carboxylic acids is 3. The van der Waals surface area contributed by atoms with Gasteiger partial charge in [-0.05, 0) is 25.8 Å². The van der Waals surface area contributed by atoms with Gasteiger partial charge in [0, 0.05) is 16.9 Å². The molecule has 32 heavy (non-hydrogen) atoms. The van der Waals surface area contributed by atoms with Gasteiger partial charge in [0.05, 0.1) is 24.6 Å². The molecule has 1 heterocycles. The van der Waals surface area contributed by atoms with Gasteiger partial charge in [0.25, 0.3) is 0 Å². The van der Waals surface area contributed by atoms with Crippen LogP contribution in [0.4, 0.5) is 10.5 Å². The van der Waals surface area contributed by atoms with Crippen molar-refractivity contribution < 1.29 is 19.1 Å². The van der Waals surface area contributed by atoms with Crippen molar-refractivity contribution in [2.45, 2.75) is 66.2 Å². The lowest BCUT2D eigenvalue weighted by Crippen LogP contribution is -2.46. The van der Waals surface area contributed by atoms with Crippen molar-refractivity contribution in [3.05, 3.63) is 29.8 Å². The molecule has 0 spiro atoms. The third-order valence-electron chi connectivity index (χ3n) is 6.12. The van der Waals surface area contributed by atoms with E-state index in [0.29, 0.717) is 5.69 Å². The van der Waals surface area contributed by atoms with Gasteiger partial charge in [-0.1, -0.05) is 64.7 Å². The standard InChI is InChI=1S/C25H35N3O4/c1-5-32-22(30)17-28-24(31)27(16-21(29)25(2,3)4)20-15-11-10-14-19(20)23(26-28)18-12-8-6-7-9-13-18/h10-11,14-15,18H,5-9,12-13,16-17H2,1-4H3. The molecule has 2 amide bonds. The fourth-order valence-corrected chi connectivity index (χ4v) is 4.21. The maximum atomic E-state index is 13.6. The number of para-hydroxylation sites is 1. The maximum Gasteiger partial charge on any atom is 0.345 e. The van der Waals surface area contributed by atoms with E-state index in [0.717, 1.165) is 37.0 Å². The zero-order chi connectivity index (χ0) is 23.3. The molecular weight excluding hydrogens is 406 g/mol. The molecule has 0 aromatic heterocycles. The van der Waals surface area contributed by atoms with Crippen LogP contribution in [-0.4, -0.2) is 48.2 Å². The zero-order valence-corrected chi connectivity index (χ0v) is 19.7. The lowest BCUT2D eigenvalue weighted by Gasteiger charge is -2.28. The van der Waals surface area contributed by atoms with Crippen molar-refractivity contribution in [2.24, 2.45) is 16.4 Å². The molecule has 1 aromatic rings. The van der Waals surface area contributed by atoms with Gasteiger partial charge in [-0.15, -0.1) is 0 Å². The molecule has 3 rings (SSSR count). The minimum absolute atomic E-state index is 0.0605. The van der Waals surface area contributed by atoms with Gasteiger partial charge in [-0.3, -0.25) is 14.5 Å². The van der Waals surface area contributed by atoms with Crippen LogP contribution >= 0.6 is 0 Å². The number of Topliss-reactive ketones (excluding diaryl/α,β-unsaturated/α-hetero) is 1. The van der Waals surface area contributed by atoms with E-state index in [1.54, 1.807) is 6.92 Å². The molecule has 1 aromatic carbocycles. The summed E-state index contributed by atoms with van der Waals surface area (Å²) in [5, 5.41) is 5.94. The summed E-state index contributed by atoms with van der Waals surface area (Å²) in [5.41, 5.74) is 1.76. The first-order valence-corrected chi connectivity index (χ1v) is 11.7. The van der Waals surface area contributed by atoms with E-state index < -0.39 is 17.4 Å². The van der Waals surface area contributed by atoms with Gasteiger partial charge >= 0.3 is 12.0 Å². The number of amides is 2. The number of hydrogen-bond donors (Lipinski definition) is 0. The molecule has 0 bridgehead atoms. The first kappa shape index (κ1) is 24.0. The molecular formula is C25H35N3O4. The summed E-state index contributed by atoms with van der Waals surface area (Å²) in [7, 11) is 0. The van der Waals surface area contributed by atoms with Crippen molar-refractivity contribution in [1.29, 1.82) is 0 Å². The molecule has 0 atom stereocenters. The van der Waals surface area contributed by atoms with Gasteiger partial charge in [0.2, 0.25) is 0 Å². The molecule has 0 radical (unpaired) electrons. The van der Waals surface area contributed by atoms with Crippen LogP contribution in [0.1, 0.15) is 71.8 Å². The SMILES string of the molecule is CCOC(=O)CN1N=C(C2CCCCCC2)c2ccccc2N(CC(=O)C(C)(C)C)C1=O. The summed E-state index contributed by atoms with van der Waals surface area (Å²) < 4.78 is 5.09. The lowest BCUT2D eigenvalue weighted by molar-refractivity contribution is -0.143. The summed E-state index contributed by atoms with van der Waals surface area (Å²) in [6.45, 7) is 7.12. The second kappa shape index (κ2) is 10.3. The van der Waals surface area contributed by atoms with Crippen LogP contribution in [0.3, 0.4) is 0 Å². The third-order valence-corrected chi connectivity index (χ3v) is 6.12. The van der Waals surface area contributed by atoms with Crippen LogP contribution in [0, 0.1) is 11.3 Å². The van der Waals surface area contributed by atoms with Crippen LogP contribution in [-0.2, 0) is 14.3 Å². The Kier molecular flexibility index (Phi) is 7.69. The number of nitrogens with zero attached hydrogens (tertiary/aromatic N) is 3. The molecule has 1 aliphatic carbocycles. The van der Waals surface area contributed by atoms with Crippen LogP contribution < -0.4 is 4.90 Å². The van der Waals surface area contributed by atoms with E-state index in [1.165, 1.54) is 22.8 Å². The Morgan fingerprint density at radius 2 is 1.72 bits per heavy atom. The van der Waals surface area contributed by atoms with Gasteiger partial charge in [-0.25, -0.2) is 9.80 Å². The zero-order valence-electron chi connectivity index (χ0n) is 19.7. The van der Waals surface area contributed by atoms with Crippen LogP contribution in [0.2, 0.25) is 0 Å². The first-order chi connectivity index (χ1) is 15.2. The Bertz CT molecular complexity index is 879. The van der Waals surface area contributed by atoms with E-state index in [2.05, 4.69) is 0 Å². The number of rotatable bonds is 6. The van der Waals surface area contributed by atoms with Crippen molar-refractivity contribution in [2.75, 3.05) is 24.6 Å². The quantitative estimate of drug-likeness (QED) is 0.470. The van der Waals surface area contributed by atoms with Crippen LogP contribution in [0.15, 0.2) is 29.4 Å². The van der Waals surface area contributed by atoms with E-state index >= 15 is 0 Å². The molecule has 1 aliphatic heterocycles. The van der Waals surface area contributed by atoms with Gasteiger partial charge in [0.15, 0.2) is 5.78 Å². The first-order valence-electron chi connectivity index (χ1n) is 11.7. The normalized spacial score (nSPS) is 17.9. The number of carbonyl (C=O) groups is 3. The van der Waals surface area contributed by atoms with Crippen LogP contribution in [0.25, 0.3) is 0 Å². The molecule has 7 nitrogen and oxygen atoms in total. The Labute approximate surface area is 190 Å². The van der Waals surface area contributed by atoms with Crippen molar-refractivity contribution in [1.82, 2.24) is 5.01 Å². The monoisotopic (exact) mass is 441 g/mol. The molecule has 7 heteroatoms. The van der Waals surface area contributed by atoms with Crippen molar-refractivity contribution in [3.8, 4) is 0 Å². The number of ketones is 1. The highest BCUT2D eigenvalue weighted by Crippen LogP contribution is 2.34. The van der Waals surface area contributed by atoms with E-state index in [9.17, 15) is 14.4 Å². The van der Waals surface area contributed by atoms with E-state index in [4.69, 9.17) is 9.84 Å². The van der Waals surface area contributed by atoms with Crippen molar-refractivity contribution in [3.63, 3.8) is 0 Å². The minimum Gasteiger partial charge on any atom is -0.465 e. The summed E-state index contributed by atoms with van der Waals surface area (Å²) >= 11 is 0. The van der Waals surface area contributed by atoms with E-state index in [-0.39, 0.29) is 31.4 Å². The summed E-state index contributed by atoms with van der Waals surface area (Å²) in [6.07, 6.45) is 6.62. The predicted octanol–water partition coefficient (Wildman–Crippen LogP) is 4.78.